The number of ketones is 1. The number of carbonyl (C=O) groups excluding carboxylic acids is 1. The zero-order chi connectivity index (χ0) is 13.9. The van der Waals surface area contributed by atoms with E-state index in [-0.39, 0.29) is 11.7 Å². The summed E-state index contributed by atoms with van der Waals surface area (Å²) < 4.78 is 18.4. The monoisotopic (exact) mass is 274 g/mol. The van der Waals surface area contributed by atoms with Crippen LogP contribution in [0.5, 0.6) is 0 Å². The fraction of sp³-hybridized carbons (Fsp3) is 0.400. The van der Waals surface area contributed by atoms with Crippen LogP contribution in [0.25, 0.3) is 0 Å². The van der Waals surface area contributed by atoms with Gasteiger partial charge in [-0.3, -0.25) is 4.79 Å². The topological polar surface area (TPSA) is 56.0 Å². The van der Waals surface area contributed by atoms with Crippen LogP contribution in [-0.4, -0.2) is 15.9 Å². The molecule has 4 nitrogen and oxygen atoms in total. The van der Waals surface area contributed by atoms with Crippen molar-refractivity contribution in [2.75, 3.05) is 0 Å². The zero-order valence-electron chi connectivity index (χ0n) is 11.0. The third-order valence-electron chi connectivity index (χ3n) is 3.63. The van der Waals surface area contributed by atoms with Gasteiger partial charge in [-0.15, -0.1) is 0 Å². The molecule has 1 aliphatic carbocycles. The normalized spacial score (nSPS) is 16.6. The van der Waals surface area contributed by atoms with Gasteiger partial charge in [0.05, 0.1) is 0 Å². The van der Waals surface area contributed by atoms with Crippen LogP contribution < -0.4 is 0 Å². The Balaban J connectivity index is 1.69. The van der Waals surface area contributed by atoms with Crippen LogP contribution in [0.1, 0.15) is 48.9 Å². The van der Waals surface area contributed by atoms with Gasteiger partial charge in [0.25, 0.3) is 0 Å². The third kappa shape index (κ3) is 2.92. The number of benzene rings is 1. The molecule has 0 aliphatic heterocycles. The minimum absolute atomic E-state index is 0.182. The molecule has 1 saturated carbocycles. The molecule has 1 fully saturated rings. The number of carbonyl (C=O) groups is 1. The van der Waals surface area contributed by atoms with Crippen molar-refractivity contribution in [2.24, 2.45) is 0 Å². The smallest absolute Gasteiger partial charge is 0.229 e. The summed E-state index contributed by atoms with van der Waals surface area (Å²) in [6.45, 7) is 0. The van der Waals surface area contributed by atoms with E-state index < -0.39 is 0 Å². The number of nitrogens with zero attached hydrogens (tertiary/aromatic N) is 2. The van der Waals surface area contributed by atoms with Crippen LogP contribution >= 0.6 is 0 Å². The maximum absolute atomic E-state index is 13.1. The average Bonchev–Trinajstić information content (AvgIpc) is 2.88. The Morgan fingerprint density at radius 2 is 2.10 bits per heavy atom. The lowest BCUT2D eigenvalue weighted by Gasteiger charge is -2.16. The second kappa shape index (κ2) is 5.53. The first kappa shape index (κ1) is 13.0. The van der Waals surface area contributed by atoms with Gasteiger partial charge >= 0.3 is 0 Å². The molecule has 5 heteroatoms. The molecule has 3 rings (SSSR count). The molecule has 1 heterocycles. The van der Waals surface area contributed by atoms with Gasteiger partial charge in [-0.25, -0.2) is 4.39 Å². The van der Waals surface area contributed by atoms with Crippen molar-refractivity contribution in [1.29, 1.82) is 0 Å². The Bertz CT molecular complexity index is 614. The lowest BCUT2D eigenvalue weighted by molar-refractivity contribution is -0.120. The minimum atomic E-state index is -0.267. The summed E-state index contributed by atoms with van der Waals surface area (Å²) in [5, 5.41) is 3.94. The van der Waals surface area contributed by atoms with Crippen molar-refractivity contribution >= 4 is 5.78 Å². The van der Waals surface area contributed by atoms with Crippen molar-refractivity contribution in [2.45, 2.75) is 38.0 Å². The van der Waals surface area contributed by atoms with Crippen LogP contribution in [0.4, 0.5) is 4.39 Å². The summed E-state index contributed by atoms with van der Waals surface area (Å²) in [4.78, 5) is 15.6. The summed E-state index contributed by atoms with van der Waals surface area (Å²) in [7, 11) is 0. The predicted octanol–water partition coefficient (Wildman–Crippen LogP) is 3.03. The number of hydrogen-bond donors (Lipinski definition) is 0. The van der Waals surface area contributed by atoms with Gasteiger partial charge in [-0.2, -0.15) is 4.98 Å². The maximum Gasteiger partial charge on any atom is 0.229 e. The van der Waals surface area contributed by atoms with E-state index in [2.05, 4.69) is 10.1 Å². The molecule has 0 radical (unpaired) electrons. The van der Waals surface area contributed by atoms with Crippen LogP contribution in [0.3, 0.4) is 0 Å². The Morgan fingerprint density at radius 1 is 1.30 bits per heavy atom. The quantitative estimate of drug-likeness (QED) is 0.863. The lowest BCUT2D eigenvalue weighted by atomic mass is 9.88. The molecule has 0 spiro atoms. The molecule has 2 aromatic rings. The lowest BCUT2D eigenvalue weighted by Crippen LogP contribution is -2.12. The fourth-order valence-electron chi connectivity index (χ4n) is 2.52. The van der Waals surface area contributed by atoms with Crippen molar-refractivity contribution in [1.82, 2.24) is 10.1 Å². The van der Waals surface area contributed by atoms with Gasteiger partial charge in [0.1, 0.15) is 11.6 Å². The molecule has 0 amide bonds. The third-order valence-corrected chi connectivity index (χ3v) is 3.63. The van der Waals surface area contributed by atoms with Crippen molar-refractivity contribution in [3.8, 4) is 0 Å². The summed E-state index contributed by atoms with van der Waals surface area (Å²) in [5.41, 5.74) is 0.816. The number of hydrogen-bond acceptors (Lipinski definition) is 4. The Morgan fingerprint density at radius 3 is 2.85 bits per heavy atom. The molecule has 1 aromatic carbocycles. The van der Waals surface area contributed by atoms with Gasteiger partial charge in [0.15, 0.2) is 5.82 Å². The fourth-order valence-corrected chi connectivity index (χ4v) is 2.52. The van der Waals surface area contributed by atoms with Gasteiger partial charge in [0.2, 0.25) is 5.89 Å². The Hall–Kier alpha value is -2.04. The molecule has 0 saturated heterocycles. The van der Waals surface area contributed by atoms with Gasteiger partial charge in [0, 0.05) is 25.2 Å². The molecule has 1 aliphatic rings. The molecule has 0 bridgehead atoms. The van der Waals surface area contributed by atoms with E-state index in [1.807, 2.05) is 6.07 Å². The van der Waals surface area contributed by atoms with Gasteiger partial charge in [-0.05, 0) is 30.5 Å². The number of Topliss-reactive ketones (excluding diaryl/α,β-unsaturated/α-hetero) is 1. The van der Waals surface area contributed by atoms with Gasteiger partial charge in [-0.1, -0.05) is 17.3 Å². The molecule has 20 heavy (non-hydrogen) atoms. The average molecular weight is 274 g/mol. The van der Waals surface area contributed by atoms with Crippen molar-refractivity contribution in [3.05, 3.63) is 47.4 Å². The van der Waals surface area contributed by atoms with E-state index in [1.165, 1.54) is 12.1 Å². The number of aromatic nitrogens is 2. The highest BCUT2D eigenvalue weighted by atomic mass is 19.1. The van der Waals surface area contributed by atoms with E-state index in [0.29, 0.717) is 36.8 Å². The molecule has 0 N–H and O–H groups in total. The molecular weight excluding hydrogens is 259 g/mol. The summed E-state index contributed by atoms with van der Waals surface area (Å²) >= 11 is 0. The standard InChI is InChI=1S/C15H15FN2O2/c16-12-3-1-2-10(8-12)9-14-17-15(20-18-14)11-4-6-13(19)7-5-11/h1-3,8,11H,4-7,9H2. The summed E-state index contributed by atoms with van der Waals surface area (Å²) in [5.74, 6) is 1.38. The highest BCUT2D eigenvalue weighted by molar-refractivity contribution is 5.79. The summed E-state index contributed by atoms with van der Waals surface area (Å²) in [6.07, 6.45) is 3.19. The van der Waals surface area contributed by atoms with E-state index >= 15 is 0 Å². The molecule has 0 atom stereocenters. The first-order chi connectivity index (χ1) is 9.70. The van der Waals surface area contributed by atoms with Crippen molar-refractivity contribution in [3.63, 3.8) is 0 Å². The SMILES string of the molecule is O=C1CCC(c2nc(Cc3cccc(F)c3)no2)CC1. The predicted molar refractivity (Wildman–Crippen MR) is 69.7 cm³/mol. The molecule has 104 valence electrons. The second-order valence-electron chi connectivity index (χ2n) is 5.17. The Kier molecular flexibility index (Phi) is 3.58. The van der Waals surface area contributed by atoms with E-state index in [0.717, 1.165) is 18.4 Å². The first-order valence-electron chi connectivity index (χ1n) is 6.79. The first-order valence-corrected chi connectivity index (χ1v) is 6.79. The largest absolute Gasteiger partial charge is 0.339 e. The van der Waals surface area contributed by atoms with Crippen LogP contribution in [0, 0.1) is 5.82 Å². The molecule has 0 unspecified atom stereocenters. The maximum atomic E-state index is 13.1. The van der Waals surface area contributed by atoms with Crippen molar-refractivity contribution < 1.29 is 13.7 Å². The van der Waals surface area contributed by atoms with Crippen LogP contribution in [0.15, 0.2) is 28.8 Å². The number of halogens is 1. The van der Waals surface area contributed by atoms with Crippen LogP contribution in [-0.2, 0) is 11.2 Å². The molecular formula is C15H15FN2O2. The second-order valence-corrected chi connectivity index (χ2v) is 5.17. The van der Waals surface area contributed by atoms with Crippen LogP contribution in [0.2, 0.25) is 0 Å². The number of rotatable bonds is 3. The Labute approximate surface area is 116 Å². The van der Waals surface area contributed by atoms with E-state index in [1.54, 1.807) is 6.07 Å². The summed E-state index contributed by atoms with van der Waals surface area (Å²) in [6, 6.07) is 6.37. The van der Waals surface area contributed by atoms with E-state index in [4.69, 9.17) is 4.52 Å². The minimum Gasteiger partial charge on any atom is -0.339 e. The zero-order valence-corrected chi connectivity index (χ0v) is 11.0. The van der Waals surface area contributed by atoms with E-state index in [9.17, 15) is 9.18 Å². The highest BCUT2D eigenvalue weighted by Gasteiger charge is 2.24. The molecule has 1 aromatic heterocycles. The van der Waals surface area contributed by atoms with Gasteiger partial charge < -0.3 is 4.52 Å². The highest BCUT2D eigenvalue weighted by Crippen LogP contribution is 2.30.